The second kappa shape index (κ2) is 8.83. The Morgan fingerprint density at radius 1 is 1.19 bits per heavy atom. The van der Waals surface area contributed by atoms with Crippen LogP contribution in [0.1, 0.15) is 53.1 Å². The van der Waals surface area contributed by atoms with E-state index in [-0.39, 0.29) is 18.3 Å². The first-order valence-corrected chi connectivity index (χ1v) is 9.84. The van der Waals surface area contributed by atoms with Crippen molar-refractivity contribution >= 4 is 11.8 Å². The van der Waals surface area contributed by atoms with Crippen LogP contribution in [0.5, 0.6) is 5.75 Å². The van der Waals surface area contributed by atoms with Gasteiger partial charge in [-0.25, -0.2) is 13.2 Å². The summed E-state index contributed by atoms with van der Waals surface area (Å²) in [5.41, 5.74) is -2.33. The van der Waals surface area contributed by atoms with E-state index in [1.54, 1.807) is 4.90 Å². The summed E-state index contributed by atoms with van der Waals surface area (Å²) in [6.45, 7) is 3.81. The topological polar surface area (TPSA) is 91.6 Å². The van der Waals surface area contributed by atoms with Gasteiger partial charge in [-0.05, 0) is 13.3 Å². The third-order valence-corrected chi connectivity index (χ3v) is 5.32. The summed E-state index contributed by atoms with van der Waals surface area (Å²) in [5.74, 6) is -5.83. The summed E-state index contributed by atoms with van der Waals surface area (Å²) in [5, 5.41) is 12.5. The Labute approximate surface area is 176 Å². The van der Waals surface area contributed by atoms with Crippen LogP contribution in [0, 0.1) is 17.5 Å². The minimum Gasteiger partial charge on any atom is -0.503 e. The Morgan fingerprint density at radius 3 is 2.45 bits per heavy atom. The molecule has 2 aromatic rings. The van der Waals surface area contributed by atoms with Crippen molar-refractivity contribution in [1.29, 1.82) is 0 Å². The maximum atomic E-state index is 13.8. The van der Waals surface area contributed by atoms with E-state index >= 15 is 0 Å². The number of aromatic hydroxyl groups is 1. The molecule has 3 rings (SSSR count). The smallest absolute Gasteiger partial charge is 0.274 e. The van der Waals surface area contributed by atoms with Crippen molar-refractivity contribution in [2.75, 3.05) is 6.54 Å². The molecule has 2 N–H and O–H groups in total. The maximum absolute atomic E-state index is 13.8. The molecule has 0 bridgehead atoms. The average Bonchev–Trinajstić information content (AvgIpc) is 2.69. The number of carbonyl (C=O) groups excluding carboxylic acids is 2. The predicted octanol–water partition coefficient (Wildman–Crippen LogP) is 2.55. The Hall–Kier alpha value is -3.30. The number of fused-ring (bicyclic) bond motifs is 1. The number of nitrogens with zero attached hydrogens (tertiary/aromatic N) is 2. The highest BCUT2D eigenvalue weighted by Gasteiger charge is 2.32. The third kappa shape index (κ3) is 4.28. The Balaban J connectivity index is 1.86. The van der Waals surface area contributed by atoms with Crippen molar-refractivity contribution in [2.24, 2.45) is 0 Å². The number of amides is 2. The third-order valence-electron chi connectivity index (χ3n) is 5.32. The monoisotopic (exact) mass is 437 g/mol. The number of hydrogen-bond donors (Lipinski definition) is 2. The van der Waals surface area contributed by atoms with Gasteiger partial charge in [0.15, 0.2) is 11.4 Å². The lowest BCUT2D eigenvalue weighted by atomic mass is 10.1. The van der Waals surface area contributed by atoms with Gasteiger partial charge in [0.25, 0.3) is 11.8 Å². The number of benzene rings is 1. The molecule has 1 aromatic carbocycles. The van der Waals surface area contributed by atoms with Gasteiger partial charge in [0.1, 0.15) is 23.0 Å². The standard InChI is InChI=1S/C21H22F3N3O4/c1-3-4-11(2)27-6-5-26-10-14(18(28)19(29)17(26)21(27)31)20(30)25-9-13-15(23)7-12(22)8-16(13)24/h7-8,10-11,29H,3-6,9H2,1-2H3,(H,25,30). The Kier molecular flexibility index (Phi) is 6.37. The molecule has 0 saturated carbocycles. The second-order valence-corrected chi connectivity index (χ2v) is 7.43. The van der Waals surface area contributed by atoms with E-state index in [4.69, 9.17) is 0 Å². The van der Waals surface area contributed by atoms with Crippen molar-refractivity contribution in [3.05, 3.63) is 62.8 Å². The van der Waals surface area contributed by atoms with E-state index < -0.39 is 58.1 Å². The van der Waals surface area contributed by atoms with Crippen LogP contribution in [0.2, 0.25) is 0 Å². The maximum Gasteiger partial charge on any atom is 0.274 e. The normalized spacial score (nSPS) is 14.4. The predicted molar refractivity (Wildman–Crippen MR) is 105 cm³/mol. The van der Waals surface area contributed by atoms with Crippen LogP contribution in [-0.4, -0.2) is 39.0 Å². The largest absolute Gasteiger partial charge is 0.503 e. The minimum absolute atomic E-state index is 0.0794. The first-order chi connectivity index (χ1) is 14.6. The van der Waals surface area contributed by atoms with Crippen molar-refractivity contribution in [3.8, 4) is 5.75 Å². The van der Waals surface area contributed by atoms with Gasteiger partial charge < -0.3 is 19.9 Å². The van der Waals surface area contributed by atoms with Gasteiger partial charge in [-0.2, -0.15) is 0 Å². The van der Waals surface area contributed by atoms with Crippen molar-refractivity contribution < 1.29 is 27.9 Å². The molecule has 10 heteroatoms. The van der Waals surface area contributed by atoms with E-state index in [0.29, 0.717) is 18.7 Å². The summed E-state index contributed by atoms with van der Waals surface area (Å²) in [6.07, 6.45) is 2.76. The van der Waals surface area contributed by atoms with Crippen molar-refractivity contribution in [3.63, 3.8) is 0 Å². The number of rotatable bonds is 6. The lowest BCUT2D eigenvalue weighted by molar-refractivity contribution is 0.0615. The molecule has 1 atom stereocenters. The molecule has 1 aliphatic rings. The molecule has 0 aliphatic carbocycles. The summed E-state index contributed by atoms with van der Waals surface area (Å²) >= 11 is 0. The first-order valence-electron chi connectivity index (χ1n) is 9.84. The quantitative estimate of drug-likeness (QED) is 0.727. The van der Waals surface area contributed by atoms with Gasteiger partial charge in [0, 0.05) is 49.6 Å². The Morgan fingerprint density at radius 2 is 1.84 bits per heavy atom. The van der Waals surface area contributed by atoms with Gasteiger partial charge in [0.05, 0.1) is 0 Å². The molecular formula is C21H22F3N3O4. The molecule has 7 nitrogen and oxygen atoms in total. The number of carbonyl (C=O) groups is 2. The van der Waals surface area contributed by atoms with Crippen LogP contribution in [0.3, 0.4) is 0 Å². The van der Waals surface area contributed by atoms with Crippen LogP contribution in [0.15, 0.2) is 23.1 Å². The summed E-state index contributed by atoms with van der Waals surface area (Å²) in [7, 11) is 0. The fourth-order valence-electron chi connectivity index (χ4n) is 3.66. The van der Waals surface area contributed by atoms with Gasteiger partial charge in [0.2, 0.25) is 5.43 Å². The molecule has 2 heterocycles. The molecular weight excluding hydrogens is 415 g/mol. The molecule has 0 fully saturated rings. The van der Waals surface area contributed by atoms with E-state index in [2.05, 4.69) is 5.32 Å². The molecule has 1 aromatic heterocycles. The molecule has 2 amide bonds. The van der Waals surface area contributed by atoms with E-state index in [1.165, 1.54) is 4.57 Å². The zero-order valence-corrected chi connectivity index (χ0v) is 17.0. The first kappa shape index (κ1) is 22.4. The summed E-state index contributed by atoms with van der Waals surface area (Å²) in [6, 6.07) is 0.867. The number of nitrogens with one attached hydrogen (secondary N) is 1. The summed E-state index contributed by atoms with van der Waals surface area (Å²) in [4.78, 5) is 39.3. The van der Waals surface area contributed by atoms with E-state index in [0.717, 1.165) is 19.0 Å². The van der Waals surface area contributed by atoms with Crippen LogP contribution in [0.25, 0.3) is 0 Å². The van der Waals surface area contributed by atoms with Gasteiger partial charge in [-0.1, -0.05) is 13.3 Å². The highest BCUT2D eigenvalue weighted by molar-refractivity contribution is 5.99. The van der Waals surface area contributed by atoms with Gasteiger partial charge in [-0.15, -0.1) is 0 Å². The number of pyridine rings is 1. The Bertz CT molecular complexity index is 1080. The van der Waals surface area contributed by atoms with Crippen LogP contribution in [0.4, 0.5) is 13.2 Å². The van der Waals surface area contributed by atoms with Gasteiger partial charge in [-0.3, -0.25) is 14.4 Å². The molecule has 0 saturated heterocycles. The lowest BCUT2D eigenvalue weighted by Gasteiger charge is -2.34. The van der Waals surface area contributed by atoms with Crippen molar-refractivity contribution in [1.82, 2.24) is 14.8 Å². The SMILES string of the molecule is CCCC(C)N1CCn2cc(C(=O)NCc3c(F)cc(F)cc3F)c(=O)c(O)c2C1=O. The fraction of sp³-hybridized carbons (Fsp3) is 0.381. The number of hydrogen-bond acceptors (Lipinski definition) is 4. The van der Waals surface area contributed by atoms with Crippen LogP contribution in [-0.2, 0) is 13.1 Å². The van der Waals surface area contributed by atoms with E-state index in [9.17, 15) is 32.7 Å². The van der Waals surface area contributed by atoms with Gasteiger partial charge >= 0.3 is 0 Å². The average molecular weight is 437 g/mol. The summed E-state index contributed by atoms with van der Waals surface area (Å²) < 4.78 is 41.8. The van der Waals surface area contributed by atoms with E-state index in [1.807, 2.05) is 13.8 Å². The minimum atomic E-state index is -1.19. The van der Waals surface area contributed by atoms with Crippen LogP contribution >= 0.6 is 0 Å². The number of halogens is 3. The molecule has 0 spiro atoms. The molecule has 166 valence electrons. The fourth-order valence-corrected chi connectivity index (χ4v) is 3.66. The highest BCUT2D eigenvalue weighted by atomic mass is 19.1. The molecule has 1 unspecified atom stereocenters. The zero-order chi connectivity index (χ0) is 22.9. The molecule has 1 aliphatic heterocycles. The second-order valence-electron chi connectivity index (χ2n) is 7.43. The lowest BCUT2D eigenvalue weighted by Crippen LogP contribution is -2.46. The van der Waals surface area contributed by atoms with Crippen molar-refractivity contribution in [2.45, 2.75) is 45.8 Å². The zero-order valence-electron chi connectivity index (χ0n) is 17.0. The number of aromatic nitrogens is 1. The molecule has 0 radical (unpaired) electrons. The highest BCUT2D eigenvalue weighted by Crippen LogP contribution is 2.23. The molecule has 31 heavy (non-hydrogen) atoms. The van der Waals surface area contributed by atoms with Crippen LogP contribution < -0.4 is 10.7 Å².